The summed E-state index contributed by atoms with van der Waals surface area (Å²) in [5.41, 5.74) is 2.20. The predicted octanol–water partition coefficient (Wildman–Crippen LogP) is 4.59. The van der Waals surface area contributed by atoms with Gasteiger partial charge < -0.3 is 18.9 Å². The third kappa shape index (κ3) is 7.30. The fourth-order valence-electron chi connectivity index (χ4n) is 5.91. The van der Waals surface area contributed by atoms with Crippen LogP contribution in [0.15, 0.2) is 53.9 Å². The lowest BCUT2D eigenvalue weighted by atomic mass is 9.80. The number of aromatic nitrogens is 1. The van der Waals surface area contributed by atoms with E-state index in [1.165, 1.54) is 11.3 Å². The molecule has 0 radical (unpaired) electrons. The molecule has 5 rings (SSSR count). The van der Waals surface area contributed by atoms with Crippen molar-refractivity contribution in [2.75, 3.05) is 58.8 Å². The van der Waals surface area contributed by atoms with Gasteiger partial charge in [0.2, 0.25) is 5.91 Å². The van der Waals surface area contributed by atoms with Crippen LogP contribution < -0.4 is 9.64 Å². The van der Waals surface area contributed by atoms with Gasteiger partial charge in [0.15, 0.2) is 11.7 Å². The fourth-order valence-corrected chi connectivity index (χ4v) is 6.71. The maximum Gasteiger partial charge on any atom is 0.307 e. The Morgan fingerprint density at radius 3 is 2.20 bits per heavy atom. The van der Waals surface area contributed by atoms with Crippen LogP contribution in [0.5, 0.6) is 5.75 Å². The van der Waals surface area contributed by atoms with Crippen LogP contribution in [0.4, 0.5) is 5.13 Å². The van der Waals surface area contributed by atoms with Crippen molar-refractivity contribution in [3.8, 4) is 17.0 Å². The van der Waals surface area contributed by atoms with Gasteiger partial charge in [-0.1, -0.05) is 24.3 Å². The molecule has 2 aromatic carbocycles. The van der Waals surface area contributed by atoms with Crippen molar-refractivity contribution >= 4 is 34.3 Å². The third-order valence-electron chi connectivity index (χ3n) is 8.43. The molecule has 0 unspecified atom stereocenters. The van der Waals surface area contributed by atoms with Crippen LogP contribution in [-0.4, -0.2) is 91.7 Å². The number of hydrogen-bond donors (Lipinski definition) is 0. The number of piperazine rings is 1. The number of nitrogens with zero attached hydrogens (tertiary/aromatic N) is 4. The number of thiazole rings is 1. The third-order valence-corrected chi connectivity index (χ3v) is 9.35. The van der Waals surface area contributed by atoms with Gasteiger partial charge >= 0.3 is 5.97 Å². The summed E-state index contributed by atoms with van der Waals surface area (Å²) in [6.45, 7) is 8.87. The van der Waals surface area contributed by atoms with E-state index in [1.807, 2.05) is 79.6 Å². The number of benzene rings is 2. The smallest absolute Gasteiger partial charge is 0.307 e. The molecule has 3 aromatic rings. The molecule has 234 valence electrons. The quantitative estimate of drug-likeness (QED) is 0.271. The second kappa shape index (κ2) is 12.3. The molecular formula is C34H43N4O5S+. The van der Waals surface area contributed by atoms with E-state index in [9.17, 15) is 14.4 Å². The molecule has 0 bridgehead atoms. The first-order valence-corrected chi connectivity index (χ1v) is 16.0. The molecule has 2 heterocycles. The highest BCUT2D eigenvalue weighted by Crippen LogP contribution is 2.43. The van der Waals surface area contributed by atoms with Crippen molar-refractivity contribution < 1.29 is 28.3 Å². The van der Waals surface area contributed by atoms with E-state index in [0.29, 0.717) is 23.7 Å². The average Bonchev–Trinajstić information content (AvgIpc) is 3.60. The fraction of sp³-hybridized carbons (Fsp3) is 0.471. The van der Waals surface area contributed by atoms with E-state index in [1.54, 1.807) is 11.9 Å². The first-order valence-electron chi connectivity index (χ1n) is 15.1. The lowest BCUT2D eigenvalue weighted by molar-refractivity contribution is -0.894. The molecule has 2 amide bonds. The molecular weight excluding hydrogens is 576 g/mol. The summed E-state index contributed by atoms with van der Waals surface area (Å²) < 4.78 is 12.4. The van der Waals surface area contributed by atoms with Crippen LogP contribution in [0, 0.1) is 5.41 Å². The molecule has 0 spiro atoms. The minimum Gasteiger partial charge on any atom is -0.484 e. The monoisotopic (exact) mass is 619 g/mol. The van der Waals surface area contributed by atoms with E-state index in [-0.39, 0.29) is 30.8 Å². The molecule has 2 aliphatic rings. The van der Waals surface area contributed by atoms with Gasteiger partial charge in [0.25, 0.3) is 5.91 Å². The maximum absolute atomic E-state index is 14.1. The van der Waals surface area contributed by atoms with Crippen molar-refractivity contribution in [2.45, 2.75) is 45.6 Å². The Hall–Kier alpha value is -3.76. The Bertz CT molecular complexity index is 1490. The van der Waals surface area contributed by atoms with Crippen molar-refractivity contribution in [1.29, 1.82) is 0 Å². The summed E-state index contributed by atoms with van der Waals surface area (Å²) in [6.07, 6.45) is 0.949. The van der Waals surface area contributed by atoms with Gasteiger partial charge in [-0.05, 0) is 69.0 Å². The normalized spacial score (nSPS) is 17.1. The number of carbonyl (C=O) groups is 3. The van der Waals surface area contributed by atoms with Crippen molar-refractivity contribution in [1.82, 2.24) is 9.88 Å². The van der Waals surface area contributed by atoms with Gasteiger partial charge in [0.05, 0.1) is 57.8 Å². The van der Waals surface area contributed by atoms with Crippen LogP contribution in [0.2, 0.25) is 0 Å². The molecule has 1 fully saturated rings. The maximum atomic E-state index is 14.1. The summed E-state index contributed by atoms with van der Waals surface area (Å²) in [4.78, 5) is 48.0. The lowest BCUT2D eigenvalue weighted by Crippen LogP contribution is -2.56. The molecule has 1 aliphatic heterocycles. The van der Waals surface area contributed by atoms with Crippen LogP contribution in [0.1, 0.15) is 38.3 Å². The standard InChI is InChI=1S/C34H43N4O5S/c1-33(2,3)43-30(40)21-34(19-25-9-7-8-10-26(25)20-34)31(41)36(4)32-35-28(23-44-32)24-11-13-27(14-12-24)42-22-29(39)37-15-17-38(5,6)18-16-37/h7-14,23H,15-22H2,1-6H3/q+1. The first-order chi connectivity index (χ1) is 20.7. The number of ether oxygens (including phenoxy) is 2. The molecule has 10 heteroatoms. The Morgan fingerprint density at radius 2 is 1.61 bits per heavy atom. The molecule has 1 aromatic heterocycles. The molecule has 0 saturated carbocycles. The summed E-state index contributed by atoms with van der Waals surface area (Å²) in [5, 5.41) is 2.47. The summed E-state index contributed by atoms with van der Waals surface area (Å²) in [5.74, 6) is 0.0865. The second-order valence-corrected chi connectivity index (χ2v) is 14.5. The number of hydrogen-bond acceptors (Lipinski definition) is 7. The largest absolute Gasteiger partial charge is 0.484 e. The number of quaternary nitrogens is 1. The SMILES string of the molecule is CN(C(=O)C1(CC(=O)OC(C)(C)C)Cc2ccccc2C1)c1nc(-c2ccc(OCC(=O)N3CC[N+](C)(C)CC3)cc2)cs1. The van der Waals surface area contributed by atoms with E-state index in [2.05, 4.69) is 14.1 Å². The van der Waals surface area contributed by atoms with Crippen LogP contribution in [0.25, 0.3) is 11.3 Å². The zero-order valence-corrected chi connectivity index (χ0v) is 27.4. The zero-order chi connectivity index (χ0) is 31.7. The molecule has 0 atom stereocenters. The second-order valence-electron chi connectivity index (χ2n) is 13.6. The Labute approximate surface area is 264 Å². The van der Waals surface area contributed by atoms with E-state index >= 15 is 0 Å². The zero-order valence-electron chi connectivity index (χ0n) is 26.6. The van der Waals surface area contributed by atoms with Gasteiger partial charge in [-0.25, -0.2) is 4.98 Å². The minimum atomic E-state index is -0.938. The molecule has 0 N–H and O–H groups in total. The lowest BCUT2D eigenvalue weighted by Gasteiger charge is -2.38. The van der Waals surface area contributed by atoms with Crippen molar-refractivity contribution in [3.05, 3.63) is 65.0 Å². The van der Waals surface area contributed by atoms with Gasteiger partial charge in [-0.3, -0.25) is 19.3 Å². The minimum absolute atomic E-state index is 0.000392. The van der Waals surface area contributed by atoms with Gasteiger partial charge in [0.1, 0.15) is 11.4 Å². The van der Waals surface area contributed by atoms with E-state index in [0.717, 1.165) is 53.0 Å². The number of rotatable bonds is 8. The Kier molecular flexibility index (Phi) is 8.87. The molecule has 44 heavy (non-hydrogen) atoms. The number of likely N-dealkylation sites (N-methyl/N-ethyl adjacent to an activating group) is 1. The average molecular weight is 620 g/mol. The Morgan fingerprint density at radius 1 is 1.00 bits per heavy atom. The number of fused-ring (bicyclic) bond motifs is 1. The highest BCUT2D eigenvalue weighted by molar-refractivity contribution is 7.14. The predicted molar refractivity (Wildman–Crippen MR) is 172 cm³/mol. The summed E-state index contributed by atoms with van der Waals surface area (Å²) in [6, 6.07) is 15.4. The molecule has 9 nitrogen and oxygen atoms in total. The van der Waals surface area contributed by atoms with E-state index < -0.39 is 11.0 Å². The number of esters is 1. The molecule has 1 aliphatic carbocycles. The van der Waals surface area contributed by atoms with Gasteiger partial charge in [-0.2, -0.15) is 0 Å². The Balaban J connectivity index is 1.24. The molecule has 1 saturated heterocycles. The highest BCUT2D eigenvalue weighted by Gasteiger charge is 2.48. The van der Waals surface area contributed by atoms with Crippen molar-refractivity contribution in [2.24, 2.45) is 5.41 Å². The van der Waals surface area contributed by atoms with Crippen molar-refractivity contribution in [3.63, 3.8) is 0 Å². The number of amides is 2. The summed E-state index contributed by atoms with van der Waals surface area (Å²) in [7, 11) is 6.08. The van der Waals surface area contributed by atoms with Gasteiger partial charge in [-0.15, -0.1) is 11.3 Å². The topological polar surface area (TPSA) is 89.0 Å². The first kappa shape index (κ1) is 31.7. The van der Waals surface area contributed by atoms with Crippen LogP contribution in [0.3, 0.4) is 0 Å². The van der Waals surface area contributed by atoms with Crippen LogP contribution >= 0.6 is 11.3 Å². The van der Waals surface area contributed by atoms with E-state index in [4.69, 9.17) is 14.5 Å². The number of anilines is 1. The number of carbonyl (C=O) groups excluding carboxylic acids is 3. The van der Waals surface area contributed by atoms with Crippen LogP contribution in [-0.2, 0) is 32.0 Å². The van der Waals surface area contributed by atoms with Gasteiger partial charge in [0, 0.05) is 18.0 Å². The summed E-state index contributed by atoms with van der Waals surface area (Å²) >= 11 is 1.38. The highest BCUT2D eigenvalue weighted by atomic mass is 32.1.